The zero-order chi connectivity index (χ0) is 19.8. The molecule has 27 heavy (non-hydrogen) atoms. The van der Waals surface area contributed by atoms with Crippen LogP contribution in [0, 0.1) is 5.92 Å². The van der Waals surface area contributed by atoms with Gasteiger partial charge in [0, 0.05) is 6.26 Å². The lowest BCUT2D eigenvalue weighted by atomic mass is 9.96. The van der Waals surface area contributed by atoms with Crippen molar-refractivity contribution in [2.24, 2.45) is 5.92 Å². The Morgan fingerprint density at radius 2 is 1.81 bits per heavy atom. The second kappa shape index (κ2) is 7.15. The van der Waals surface area contributed by atoms with E-state index in [4.69, 9.17) is 0 Å². The van der Waals surface area contributed by atoms with Gasteiger partial charge in [0.1, 0.15) is 6.04 Å². The third-order valence-electron chi connectivity index (χ3n) is 4.56. The van der Waals surface area contributed by atoms with Crippen molar-refractivity contribution in [3.05, 3.63) is 54.1 Å². The monoisotopic (exact) mass is 386 g/mol. The summed E-state index contributed by atoms with van der Waals surface area (Å²) in [6, 6.07) is 13.1. The Morgan fingerprint density at radius 3 is 2.41 bits per heavy atom. The fourth-order valence-electron chi connectivity index (χ4n) is 3.28. The molecule has 0 aliphatic carbocycles. The van der Waals surface area contributed by atoms with Gasteiger partial charge in [0.2, 0.25) is 11.8 Å². The molecule has 142 valence electrons. The average molecular weight is 386 g/mol. The molecular formula is C20H22N2O4S. The van der Waals surface area contributed by atoms with Crippen molar-refractivity contribution in [3.8, 4) is 0 Å². The van der Waals surface area contributed by atoms with Crippen LogP contribution in [0.4, 0.5) is 11.4 Å². The smallest absolute Gasteiger partial charge is 0.247 e. The molecule has 1 aliphatic rings. The minimum atomic E-state index is -3.42. The van der Waals surface area contributed by atoms with Gasteiger partial charge in [-0.05, 0) is 29.7 Å². The van der Waals surface area contributed by atoms with Crippen LogP contribution in [0.3, 0.4) is 0 Å². The Kier molecular flexibility index (Phi) is 5.06. The van der Waals surface area contributed by atoms with Gasteiger partial charge in [0.15, 0.2) is 9.84 Å². The lowest BCUT2D eigenvalue weighted by molar-refractivity contribution is -0.124. The molecular weight excluding hydrogens is 364 g/mol. The number of fused-ring (bicyclic) bond motifs is 1. The topological polar surface area (TPSA) is 83.6 Å². The molecule has 0 saturated heterocycles. The van der Waals surface area contributed by atoms with Gasteiger partial charge in [-0.2, -0.15) is 0 Å². The summed E-state index contributed by atoms with van der Waals surface area (Å²) >= 11 is 0. The summed E-state index contributed by atoms with van der Waals surface area (Å²) in [6.45, 7) is 3.76. The minimum Gasteiger partial charge on any atom is -0.322 e. The standard InChI is InChI=1S/C20H22N2O4S/c1-13(2)19-20(24)21-16-12-15(27(3,25)26)9-10-17(16)22(19)18(23)11-14-7-5-4-6-8-14/h4-10,12-13,19H,11H2,1-3H3,(H,21,24)/t19-/m0/s1. The zero-order valence-electron chi connectivity index (χ0n) is 15.5. The quantitative estimate of drug-likeness (QED) is 0.876. The fraction of sp³-hybridized carbons (Fsp3) is 0.300. The molecule has 0 unspecified atom stereocenters. The van der Waals surface area contributed by atoms with E-state index in [9.17, 15) is 18.0 Å². The van der Waals surface area contributed by atoms with E-state index in [1.807, 2.05) is 44.2 Å². The zero-order valence-corrected chi connectivity index (χ0v) is 16.3. The Morgan fingerprint density at radius 1 is 1.15 bits per heavy atom. The van der Waals surface area contributed by atoms with E-state index in [1.165, 1.54) is 17.0 Å². The maximum Gasteiger partial charge on any atom is 0.247 e. The number of rotatable bonds is 4. The van der Waals surface area contributed by atoms with Crippen LogP contribution in [0.25, 0.3) is 0 Å². The van der Waals surface area contributed by atoms with Crippen molar-refractivity contribution in [3.63, 3.8) is 0 Å². The maximum absolute atomic E-state index is 13.1. The number of benzene rings is 2. The molecule has 0 spiro atoms. The second-order valence-electron chi connectivity index (χ2n) is 7.06. The Bertz CT molecular complexity index is 984. The van der Waals surface area contributed by atoms with E-state index < -0.39 is 15.9 Å². The summed E-state index contributed by atoms with van der Waals surface area (Å²) in [6.07, 6.45) is 1.26. The molecule has 0 bridgehead atoms. The van der Waals surface area contributed by atoms with Crippen LogP contribution < -0.4 is 10.2 Å². The van der Waals surface area contributed by atoms with Crippen LogP contribution in [-0.4, -0.2) is 32.5 Å². The normalized spacial score (nSPS) is 16.8. The molecule has 6 nitrogen and oxygen atoms in total. The van der Waals surface area contributed by atoms with Gasteiger partial charge in [-0.25, -0.2) is 8.42 Å². The lowest BCUT2D eigenvalue weighted by Crippen LogP contribution is -2.54. The molecule has 0 aromatic heterocycles. The van der Waals surface area contributed by atoms with Crippen LogP contribution in [-0.2, 0) is 25.8 Å². The first-order valence-corrected chi connectivity index (χ1v) is 10.6. The Balaban J connectivity index is 2.06. The first-order chi connectivity index (χ1) is 12.7. The Labute approximate surface area is 159 Å². The molecule has 1 N–H and O–H groups in total. The SMILES string of the molecule is CC(C)[C@H]1C(=O)Nc2cc(S(C)(=O)=O)ccc2N1C(=O)Cc1ccccc1. The van der Waals surface area contributed by atoms with Gasteiger partial charge in [0.05, 0.1) is 22.7 Å². The molecule has 3 rings (SSSR count). The first-order valence-electron chi connectivity index (χ1n) is 8.69. The van der Waals surface area contributed by atoms with Crippen molar-refractivity contribution in [1.82, 2.24) is 0 Å². The van der Waals surface area contributed by atoms with Crippen LogP contribution >= 0.6 is 0 Å². The maximum atomic E-state index is 13.1. The number of hydrogen-bond acceptors (Lipinski definition) is 4. The third-order valence-corrected chi connectivity index (χ3v) is 5.67. The first kappa shape index (κ1) is 19.1. The van der Waals surface area contributed by atoms with Gasteiger partial charge in [-0.3, -0.25) is 14.5 Å². The van der Waals surface area contributed by atoms with Gasteiger partial charge < -0.3 is 5.32 Å². The molecule has 7 heteroatoms. The van der Waals surface area contributed by atoms with E-state index in [2.05, 4.69) is 5.32 Å². The summed E-state index contributed by atoms with van der Waals surface area (Å²) in [7, 11) is -3.42. The molecule has 1 heterocycles. The highest BCUT2D eigenvalue weighted by Gasteiger charge is 2.38. The highest BCUT2D eigenvalue weighted by molar-refractivity contribution is 7.90. The Hall–Kier alpha value is -2.67. The summed E-state index contributed by atoms with van der Waals surface area (Å²) in [5.74, 6) is -0.625. The second-order valence-corrected chi connectivity index (χ2v) is 9.07. The van der Waals surface area contributed by atoms with Crippen LogP contribution in [0.5, 0.6) is 0 Å². The van der Waals surface area contributed by atoms with Crippen LogP contribution in [0.1, 0.15) is 19.4 Å². The third kappa shape index (κ3) is 3.88. The molecule has 0 saturated carbocycles. The van der Waals surface area contributed by atoms with Crippen molar-refractivity contribution in [2.75, 3.05) is 16.5 Å². The molecule has 2 amide bonds. The predicted molar refractivity (Wildman–Crippen MR) is 104 cm³/mol. The lowest BCUT2D eigenvalue weighted by Gasteiger charge is -2.38. The summed E-state index contributed by atoms with van der Waals surface area (Å²) in [5, 5.41) is 2.76. The van der Waals surface area contributed by atoms with Crippen molar-refractivity contribution in [2.45, 2.75) is 31.2 Å². The summed E-state index contributed by atoms with van der Waals surface area (Å²) < 4.78 is 23.7. The number of nitrogens with zero attached hydrogens (tertiary/aromatic N) is 1. The molecule has 1 aliphatic heterocycles. The van der Waals surface area contributed by atoms with Gasteiger partial charge in [0.25, 0.3) is 0 Å². The molecule has 0 radical (unpaired) electrons. The number of anilines is 2. The number of nitrogens with one attached hydrogen (secondary N) is 1. The van der Waals surface area contributed by atoms with E-state index in [0.29, 0.717) is 11.4 Å². The van der Waals surface area contributed by atoms with E-state index in [0.717, 1.165) is 11.8 Å². The number of carbonyl (C=O) groups is 2. The number of sulfone groups is 1. The number of hydrogen-bond donors (Lipinski definition) is 1. The molecule has 2 aromatic carbocycles. The van der Waals surface area contributed by atoms with Crippen molar-refractivity contribution < 1.29 is 18.0 Å². The summed E-state index contributed by atoms with van der Waals surface area (Å²) in [5.41, 5.74) is 1.70. The van der Waals surface area contributed by atoms with Gasteiger partial charge in [-0.1, -0.05) is 44.2 Å². The van der Waals surface area contributed by atoms with E-state index in [1.54, 1.807) is 6.07 Å². The van der Waals surface area contributed by atoms with Crippen LogP contribution in [0.2, 0.25) is 0 Å². The molecule has 1 atom stereocenters. The molecule has 0 fully saturated rings. The summed E-state index contributed by atoms with van der Waals surface area (Å²) in [4.78, 5) is 27.4. The highest BCUT2D eigenvalue weighted by atomic mass is 32.2. The number of carbonyl (C=O) groups excluding carboxylic acids is 2. The van der Waals surface area contributed by atoms with E-state index in [-0.39, 0.29) is 29.0 Å². The van der Waals surface area contributed by atoms with Crippen molar-refractivity contribution >= 4 is 33.0 Å². The van der Waals surface area contributed by atoms with Crippen molar-refractivity contribution in [1.29, 1.82) is 0 Å². The predicted octanol–water partition coefficient (Wildman–Crippen LogP) is 2.64. The van der Waals surface area contributed by atoms with Gasteiger partial charge in [-0.15, -0.1) is 0 Å². The number of amides is 2. The van der Waals surface area contributed by atoms with Gasteiger partial charge >= 0.3 is 0 Å². The highest BCUT2D eigenvalue weighted by Crippen LogP contribution is 2.36. The minimum absolute atomic E-state index is 0.0972. The largest absolute Gasteiger partial charge is 0.322 e. The average Bonchev–Trinajstić information content (AvgIpc) is 2.59. The molecule has 2 aromatic rings. The van der Waals surface area contributed by atoms with Crippen LogP contribution in [0.15, 0.2) is 53.4 Å². The van der Waals surface area contributed by atoms with E-state index >= 15 is 0 Å². The fourth-order valence-corrected chi connectivity index (χ4v) is 3.92.